The maximum atomic E-state index is 12.8. The Labute approximate surface area is 134 Å². The number of sulfonamides is 1. The van der Waals surface area contributed by atoms with Crippen LogP contribution in [-0.2, 0) is 19.9 Å². The van der Waals surface area contributed by atoms with Crippen molar-refractivity contribution < 1.29 is 16.8 Å². The van der Waals surface area contributed by atoms with Gasteiger partial charge in [-0.05, 0) is 31.0 Å². The van der Waals surface area contributed by atoms with Crippen molar-refractivity contribution in [1.29, 1.82) is 0 Å². The highest BCUT2D eigenvalue weighted by atomic mass is 79.9. The predicted octanol–water partition coefficient (Wildman–Crippen LogP) is 2.04. The Morgan fingerprint density at radius 1 is 1.38 bits per heavy atom. The van der Waals surface area contributed by atoms with E-state index in [1.54, 1.807) is 18.2 Å². The van der Waals surface area contributed by atoms with Crippen LogP contribution in [0.3, 0.4) is 0 Å². The molecule has 0 amide bonds. The molecule has 1 aliphatic heterocycles. The van der Waals surface area contributed by atoms with Crippen molar-refractivity contribution in [3.05, 3.63) is 28.7 Å². The fourth-order valence-electron chi connectivity index (χ4n) is 2.48. The van der Waals surface area contributed by atoms with Gasteiger partial charge in [0, 0.05) is 17.1 Å². The largest absolute Gasteiger partial charge is 0.243 e. The van der Waals surface area contributed by atoms with Gasteiger partial charge in [-0.3, -0.25) is 0 Å². The Morgan fingerprint density at radius 3 is 2.62 bits per heavy atom. The van der Waals surface area contributed by atoms with Crippen molar-refractivity contribution in [2.75, 3.05) is 18.1 Å². The summed E-state index contributed by atoms with van der Waals surface area (Å²) in [6.07, 6.45) is 1.01. The molecular weight excluding hydrogens is 378 g/mol. The van der Waals surface area contributed by atoms with E-state index in [2.05, 4.69) is 15.9 Å². The molecule has 1 atom stereocenters. The average molecular weight is 396 g/mol. The van der Waals surface area contributed by atoms with E-state index in [-0.39, 0.29) is 16.4 Å². The Hall–Kier alpha value is -0.440. The molecule has 1 aromatic rings. The number of nitrogens with zero attached hydrogens (tertiary/aromatic N) is 1. The van der Waals surface area contributed by atoms with E-state index in [1.807, 2.05) is 6.92 Å². The third kappa shape index (κ3) is 3.85. The third-order valence-electron chi connectivity index (χ3n) is 3.46. The molecule has 0 bridgehead atoms. The highest BCUT2D eigenvalue weighted by Crippen LogP contribution is 2.26. The first kappa shape index (κ1) is 16.9. The van der Waals surface area contributed by atoms with Crippen LogP contribution >= 0.6 is 15.9 Å². The standard InChI is InChI=1S/C13H18BrNO4S2/c1-2-7-15(12-6-8-20(16,17)10-12)21(18,19)13-5-3-4-11(14)9-13/h3-5,9,12H,2,6-8,10H2,1H3/t12-/m0/s1. The Kier molecular flexibility index (Phi) is 5.12. The molecule has 0 spiro atoms. The molecule has 0 N–H and O–H groups in total. The van der Waals surface area contributed by atoms with Crippen LogP contribution in [0.5, 0.6) is 0 Å². The van der Waals surface area contributed by atoms with Crippen molar-refractivity contribution in [2.24, 2.45) is 0 Å². The quantitative estimate of drug-likeness (QED) is 0.764. The second-order valence-corrected chi connectivity index (χ2v) is 10.2. The van der Waals surface area contributed by atoms with Crippen molar-refractivity contribution >= 4 is 35.8 Å². The van der Waals surface area contributed by atoms with E-state index in [0.29, 0.717) is 23.9 Å². The van der Waals surface area contributed by atoms with Crippen molar-refractivity contribution in [1.82, 2.24) is 4.31 Å². The molecule has 21 heavy (non-hydrogen) atoms. The molecular formula is C13H18BrNO4S2. The van der Waals surface area contributed by atoms with E-state index in [9.17, 15) is 16.8 Å². The van der Waals surface area contributed by atoms with Gasteiger partial charge in [-0.1, -0.05) is 28.9 Å². The number of rotatable bonds is 5. The average Bonchev–Trinajstić information content (AvgIpc) is 2.75. The maximum Gasteiger partial charge on any atom is 0.243 e. The first-order chi connectivity index (χ1) is 9.76. The number of hydrogen-bond acceptors (Lipinski definition) is 4. The van der Waals surface area contributed by atoms with Crippen LogP contribution in [0.25, 0.3) is 0 Å². The summed E-state index contributed by atoms with van der Waals surface area (Å²) in [6.45, 7) is 2.21. The molecule has 1 aromatic carbocycles. The maximum absolute atomic E-state index is 12.8. The lowest BCUT2D eigenvalue weighted by atomic mass is 10.2. The third-order valence-corrected chi connectivity index (χ3v) is 7.65. The number of sulfone groups is 1. The van der Waals surface area contributed by atoms with Crippen molar-refractivity contribution in [3.8, 4) is 0 Å². The van der Waals surface area contributed by atoms with Crippen LogP contribution in [0.15, 0.2) is 33.6 Å². The van der Waals surface area contributed by atoms with Crippen molar-refractivity contribution in [2.45, 2.75) is 30.7 Å². The summed E-state index contributed by atoms with van der Waals surface area (Å²) in [5.74, 6) is -0.0217. The lowest BCUT2D eigenvalue weighted by Gasteiger charge is -2.27. The van der Waals surface area contributed by atoms with E-state index < -0.39 is 25.9 Å². The van der Waals surface area contributed by atoms with Crippen LogP contribution in [0.1, 0.15) is 19.8 Å². The first-order valence-electron chi connectivity index (χ1n) is 6.74. The molecule has 0 saturated carbocycles. The molecule has 2 rings (SSSR count). The predicted molar refractivity (Wildman–Crippen MR) is 85.4 cm³/mol. The molecule has 1 fully saturated rings. The van der Waals surface area contributed by atoms with E-state index in [4.69, 9.17) is 0 Å². The normalized spacial score (nSPS) is 21.8. The van der Waals surface area contributed by atoms with Gasteiger partial charge in [-0.15, -0.1) is 0 Å². The van der Waals surface area contributed by atoms with E-state index in [1.165, 1.54) is 10.4 Å². The van der Waals surface area contributed by atoms with Gasteiger partial charge in [0.1, 0.15) is 0 Å². The minimum absolute atomic E-state index is 0.0614. The highest BCUT2D eigenvalue weighted by molar-refractivity contribution is 9.10. The van der Waals surface area contributed by atoms with Crippen LogP contribution in [0, 0.1) is 0 Å². The van der Waals surface area contributed by atoms with Gasteiger partial charge < -0.3 is 0 Å². The van der Waals surface area contributed by atoms with Gasteiger partial charge in [0.05, 0.1) is 16.4 Å². The van der Waals surface area contributed by atoms with E-state index >= 15 is 0 Å². The van der Waals surface area contributed by atoms with Crippen LogP contribution in [0.2, 0.25) is 0 Å². The van der Waals surface area contributed by atoms with E-state index in [0.717, 1.165) is 0 Å². The number of hydrogen-bond donors (Lipinski definition) is 0. The summed E-state index contributed by atoms with van der Waals surface area (Å²) in [7, 11) is -6.81. The molecule has 1 saturated heterocycles. The summed E-state index contributed by atoms with van der Waals surface area (Å²) < 4.78 is 50.9. The molecule has 0 unspecified atom stereocenters. The van der Waals surface area contributed by atoms with Gasteiger partial charge in [0.25, 0.3) is 0 Å². The molecule has 0 radical (unpaired) electrons. The van der Waals surface area contributed by atoms with Gasteiger partial charge in [0.15, 0.2) is 9.84 Å². The van der Waals surface area contributed by atoms with Crippen LogP contribution < -0.4 is 0 Å². The zero-order chi connectivity index (χ0) is 15.7. The minimum Gasteiger partial charge on any atom is -0.229 e. The Morgan fingerprint density at radius 2 is 2.10 bits per heavy atom. The van der Waals surface area contributed by atoms with Gasteiger partial charge in [-0.25, -0.2) is 16.8 Å². The van der Waals surface area contributed by atoms with Crippen molar-refractivity contribution in [3.63, 3.8) is 0 Å². The summed E-state index contributed by atoms with van der Waals surface area (Å²) in [5, 5.41) is 0. The van der Waals surface area contributed by atoms with Crippen LogP contribution in [-0.4, -0.2) is 45.2 Å². The molecule has 1 heterocycles. The fourth-order valence-corrected chi connectivity index (χ4v) is 6.65. The second-order valence-electron chi connectivity index (χ2n) is 5.13. The Bertz CT molecular complexity index is 715. The van der Waals surface area contributed by atoms with Crippen LogP contribution in [0.4, 0.5) is 0 Å². The summed E-state index contributed by atoms with van der Waals surface area (Å²) in [5.41, 5.74) is 0. The lowest BCUT2D eigenvalue weighted by Crippen LogP contribution is -2.41. The lowest BCUT2D eigenvalue weighted by molar-refractivity contribution is 0.340. The zero-order valence-electron chi connectivity index (χ0n) is 11.7. The monoisotopic (exact) mass is 395 g/mol. The summed E-state index contributed by atoms with van der Waals surface area (Å²) >= 11 is 3.27. The molecule has 0 aromatic heterocycles. The topological polar surface area (TPSA) is 71.5 Å². The minimum atomic E-state index is -3.68. The first-order valence-corrected chi connectivity index (χ1v) is 10.8. The number of halogens is 1. The molecule has 0 aliphatic carbocycles. The zero-order valence-corrected chi connectivity index (χ0v) is 14.9. The van der Waals surface area contributed by atoms with Gasteiger partial charge >= 0.3 is 0 Å². The summed E-state index contributed by atoms with van der Waals surface area (Å²) in [6, 6.07) is 6.03. The molecule has 1 aliphatic rings. The molecule has 5 nitrogen and oxygen atoms in total. The van der Waals surface area contributed by atoms with Gasteiger partial charge in [-0.2, -0.15) is 4.31 Å². The highest BCUT2D eigenvalue weighted by Gasteiger charge is 2.38. The SMILES string of the molecule is CCCN([C@H]1CCS(=O)(=O)C1)S(=O)(=O)c1cccc(Br)c1. The molecule has 118 valence electrons. The second kappa shape index (κ2) is 6.36. The molecule has 8 heteroatoms. The van der Waals surface area contributed by atoms with Gasteiger partial charge in [0.2, 0.25) is 10.0 Å². The summed E-state index contributed by atoms with van der Waals surface area (Å²) in [4.78, 5) is 0.189. The fraction of sp³-hybridized carbons (Fsp3) is 0.538. The number of benzene rings is 1. The Balaban J connectivity index is 2.37. The smallest absolute Gasteiger partial charge is 0.229 e.